The number of carbonyl (C=O) groups excluding carboxylic acids is 1. The van der Waals surface area contributed by atoms with Crippen molar-refractivity contribution in [2.45, 2.75) is 31.5 Å². The first kappa shape index (κ1) is 18.7. The molecular weight excluding hydrogens is 358 g/mol. The van der Waals surface area contributed by atoms with Gasteiger partial charge in [-0.05, 0) is 36.1 Å². The molecule has 1 fully saturated rings. The summed E-state index contributed by atoms with van der Waals surface area (Å²) in [7, 11) is 0. The first-order valence-corrected chi connectivity index (χ1v) is 9.67. The molecule has 1 aromatic carbocycles. The number of aromatic nitrogens is 1. The summed E-state index contributed by atoms with van der Waals surface area (Å²) < 4.78 is 11.7. The Bertz CT molecular complexity index is 804. The fourth-order valence-electron chi connectivity index (χ4n) is 3.68. The summed E-state index contributed by atoms with van der Waals surface area (Å²) in [6.07, 6.45) is 3.36. The van der Waals surface area contributed by atoms with Gasteiger partial charge in [0.2, 0.25) is 5.91 Å². The van der Waals surface area contributed by atoms with Crippen LogP contribution in [0, 0.1) is 0 Å². The third-order valence-electron chi connectivity index (χ3n) is 5.23. The van der Waals surface area contributed by atoms with Gasteiger partial charge in [0.1, 0.15) is 13.2 Å². The molecule has 4 rings (SSSR count). The van der Waals surface area contributed by atoms with Crippen LogP contribution in [-0.2, 0) is 11.3 Å². The molecule has 1 aromatic heterocycles. The van der Waals surface area contributed by atoms with E-state index in [-0.39, 0.29) is 18.1 Å². The molecule has 2 aliphatic heterocycles. The van der Waals surface area contributed by atoms with Gasteiger partial charge in [0, 0.05) is 31.9 Å². The number of carbonyl (C=O) groups is 1. The van der Waals surface area contributed by atoms with Crippen molar-refractivity contribution >= 4 is 5.91 Å². The highest BCUT2D eigenvalue weighted by Gasteiger charge is 2.24. The van der Waals surface area contributed by atoms with Crippen molar-refractivity contribution in [2.75, 3.05) is 26.3 Å². The number of hydrogen-bond donors (Lipinski definition) is 2. The Morgan fingerprint density at radius 1 is 1.21 bits per heavy atom. The smallest absolute Gasteiger partial charge is 0.257 e. The van der Waals surface area contributed by atoms with E-state index in [1.807, 2.05) is 12.1 Å². The molecule has 0 radical (unpaired) electrons. The predicted molar refractivity (Wildman–Crippen MR) is 103 cm³/mol. The Morgan fingerprint density at radius 3 is 2.75 bits per heavy atom. The molecule has 0 saturated carbocycles. The third-order valence-corrected chi connectivity index (χ3v) is 5.23. The molecule has 28 heavy (non-hydrogen) atoms. The van der Waals surface area contributed by atoms with Gasteiger partial charge in [-0.3, -0.25) is 9.69 Å². The number of rotatable bonds is 5. The van der Waals surface area contributed by atoms with E-state index in [9.17, 15) is 4.79 Å². The van der Waals surface area contributed by atoms with E-state index >= 15 is 0 Å². The molecule has 2 aromatic rings. The average Bonchev–Trinajstić information content (AvgIpc) is 2.75. The normalized spacial score (nSPS) is 20.0. The molecular formula is C21H25N3O4. The lowest BCUT2D eigenvalue weighted by Gasteiger charge is -2.32. The lowest BCUT2D eigenvalue weighted by atomic mass is 10.0. The van der Waals surface area contributed by atoms with Gasteiger partial charge < -0.3 is 19.9 Å². The van der Waals surface area contributed by atoms with E-state index in [1.54, 1.807) is 6.20 Å². The van der Waals surface area contributed by atoms with E-state index in [0.29, 0.717) is 18.2 Å². The third kappa shape index (κ3) is 4.43. The zero-order chi connectivity index (χ0) is 19.3. The molecule has 1 amide bonds. The fourth-order valence-corrected chi connectivity index (χ4v) is 3.68. The van der Waals surface area contributed by atoms with E-state index in [4.69, 9.17) is 14.6 Å². The lowest BCUT2D eigenvalue weighted by Crippen LogP contribution is -2.45. The van der Waals surface area contributed by atoms with Crippen molar-refractivity contribution in [3.05, 3.63) is 53.7 Å². The summed E-state index contributed by atoms with van der Waals surface area (Å²) in [6.45, 7) is 2.78. The van der Waals surface area contributed by atoms with Crippen LogP contribution >= 0.6 is 0 Å². The second kappa shape index (κ2) is 8.58. The average molecular weight is 383 g/mol. The molecule has 2 aliphatic rings. The summed E-state index contributed by atoms with van der Waals surface area (Å²) >= 11 is 0. The molecule has 7 heteroatoms. The molecule has 7 nitrogen and oxygen atoms in total. The number of fused-ring (bicyclic) bond motifs is 1. The SMILES string of the molecule is O=C(CO)NC1CCN(Cc2ccc(C3COc4cccnc4O3)cc2)CC1. The van der Waals surface area contributed by atoms with Crippen molar-refractivity contribution < 1.29 is 19.4 Å². The predicted octanol–water partition coefficient (Wildman–Crippen LogP) is 1.67. The number of likely N-dealkylation sites (tertiary alicyclic amines) is 1. The minimum atomic E-state index is -0.441. The van der Waals surface area contributed by atoms with Gasteiger partial charge in [-0.2, -0.15) is 0 Å². The Hall–Kier alpha value is -2.64. The van der Waals surface area contributed by atoms with Crippen molar-refractivity contribution in [1.29, 1.82) is 0 Å². The summed E-state index contributed by atoms with van der Waals surface area (Å²) in [4.78, 5) is 17.9. The molecule has 0 spiro atoms. The number of pyridine rings is 1. The number of aliphatic hydroxyl groups excluding tert-OH is 1. The second-order valence-electron chi connectivity index (χ2n) is 7.24. The minimum Gasteiger partial charge on any atom is -0.484 e. The monoisotopic (exact) mass is 383 g/mol. The summed E-state index contributed by atoms with van der Waals surface area (Å²) in [5.74, 6) is 0.939. The standard InChI is InChI=1S/C21H25N3O4/c25-13-20(26)23-17-7-10-24(11-8-17)12-15-3-5-16(6-4-15)19-14-27-18-2-1-9-22-21(18)28-19/h1-6,9,17,19,25H,7-8,10-14H2,(H,23,26). The van der Waals surface area contributed by atoms with Gasteiger partial charge >= 0.3 is 0 Å². The summed E-state index contributed by atoms with van der Waals surface area (Å²) in [5.41, 5.74) is 2.32. The van der Waals surface area contributed by atoms with Gasteiger partial charge in [0.05, 0.1) is 0 Å². The van der Waals surface area contributed by atoms with Gasteiger partial charge in [-0.1, -0.05) is 24.3 Å². The van der Waals surface area contributed by atoms with Crippen LogP contribution in [0.25, 0.3) is 0 Å². The molecule has 1 unspecified atom stereocenters. The lowest BCUT2D eigenvalue weighted by molar-refractivity contribution is -0.124. The molecule has 3 heterocycles. The van der Waals surface area contributed by atoms with Crippen molar-refractivity contribution in [1.82, 2.24) is 15.2 Å². The van der Waals surface area contributed by atoms with E-state index in [0.717, 1.165) is 38.0 Å². The quantitative estimate of drug-likeness (QED) is 0.817. The van der Waals surface area contributed by atoms with Gasteiger partial charge in [-0.25, -0.2) is 4.98 Å². The summed E-state index contributed by atoms with van der Waals surface area (Å²) in [5, 5.41) is 11.7. The van der Waals surface area contributed by atoms with Crippen LogP contribution in [0.4, 0.5) is 0 Å². The molecule has 1 saturated heterocycles. The van der Waals surface area contributed by atoms with Gasteiger partial charge in [-0.15, -0.1) is 0 Å². The first-order valence-electron chi connectivity index (χ1n) is 9.67. The molecule has 0 aliphatic carbocycles. The Balaban J connectivity index is 1.29. The Morgan fingerprint density at radius 2 is 2.00 bits per heavy atom. The van der Waals surface area contributed by atoms with Crippen LogP contribution in [0.5, 0.6) is 11.6 Å². The van der Waals surface area contributed by atoms with Gasteiger partial charge in [0.25, 0.3) is 5.88 Å². The number of ether oxygens (including phenoxy) is 2. The first-order chi connectivity index (χ1) is 13.7. The van der Waals surface area contributed by atoms with E-state index in [2.05, 4.69) is 39.5 Å². The van der Waals surface area contributed by atoms with Crippen molar-refractivity contribution in [2.24, 2.45) is 0 Å². The number of amides is 1. The maximum absolute atomic E-state index is 11.3. The number of hydrogen-bond acceptors (Lipinski definition) is 6. The number of nitrogens with one attached hydrogen (secondary N) is 1. The van der Waals surface area contributed by atoms with Crippen LogP contribution in [0.2, 0.25) is 0 Å². The second-order valence-corrected chi connectivity index (χ2v) is 7.24. The van der Waals surface area contributed by atoms with Crippen LogP contribution in [0.15, 0.2) is 42.6 Å². The highest BCUT2D eigenvalue weighted by Crippen LogP contribution is 2.34. The number of nitrogens with zero attached hydrogens (tertiary/aromatic N) is 2. The van der Waals surface area contributed by atoms with Crippen LogP contribution < -0.4 is 14.8 Å². The Labute approximate surface area is 164 Å². The largest absolute Gasteiger partial charge is 0.484 e. The van der Waals surface area contributed by atoms with Crippen LogP contribution in [0.1, 0.15) is 30.1 Å². The van der Waals surface area contributed by atoms with E-state index in [1.165, 1.54) is 5.56 Å². The Kier molecular flexibility index (Phi) is 5.73. The molecule has 2 N–H and O–H groups in total. The summed E-state index contributed by atoms with van der Waals surface area (Å²) in [6, 6.07) is 12.3. The number of aliphatic hydroxyl groups is 1. The highest BCUT2D eigenvalue weighted by molar-refractivity contribution is 5.77. The van der Waals surface area contributed by atoms with Crippen LogP contribution in [-0.4, -0.2) is 53.2 Å². The maximum atomic E-state index is 11.3. The van der Waals surface area contributed by atoms with Crippen molar-refractivity contribution in [3.63, 3.8) is 0 Å². The topological polar surface area (TPSA) is 83.9 Å². The maximum Gasteiger partial charge on any atom is 0.257 e. The zero-order valence-electron chi connectivity index (χ0n) is 15.7. The number of piperidine rings is 1. The molecule has 148 valence electrons. The van der Waals surface area contributed by atoms with Crippen molar-refractivity contribution in [3.8, 4) is 11.6 Å². The fraction of sp³-hybridized carbons (Fsp3) is 0.429. The molecule has 1 atom stereocenters. The highest BCUT2D eigenvalue weighted by atomic mass is 16.6. The number of benzene rings is 1. The minimum absolute atomic E-state index is 0.151. The van der Waals surface area contributed by atoms with Gasteiger partial charge in [0.15, 0.2) is 11.9 Å². The van der Waals surface area contributed by atoms with E-state index < -0.39 is 6.61 Å². The molecule has 0 bridgehead atoms. The zero-order valence-corrected chi connectivity index (χ0v) is 15.7. The van der Waals surface area contributed by atoms with Crippen LogP contribution in [0.3, 0.4) is 0 Å².